The predicted octanol–water partition coefficient (Wildman–Crippen LogP) is 14.7. The molecule has 312 valence electrons. The molecule has 0 N–H and O–H groups in total. The Kier molecular flexibility index (Phi) is 7.40. The number of aryl methyl sites for hydroxylation is 2. The van der Waals surface area contributed by atoms with Crippen molar-refractivity contribution in [1.29, 1.82) is 0 Å². The Balaban J connectivity index is 1.25. The summed E-state index contributed by atoms with van der Waals surface area (Å²) in [6.07, 6.45) is 3.27. The van der Waals surface area contributed by atoms with E-state index in [1.807, 2.05) is 23.5 Å². The Hall–Kier alpha value is -5.58. The molecule has 0 unspecified atom stereocenters. The van der Waals surface area contributed by atoms with Gasteiger partial charge in [-0.15, -0.1) is 11.3 Å². The van der Waals surface area contributed by atoms with Gasteiger partial charge in [-0.1, -0.05) is 140 Å². The van der Waals surface area contributed by atoms with Gasteiger partial charge in [0.1, 0.15) is 0 Å². The van der Waals surface area contributed by atoms with Gasteiger partial charge in [-0.3, -0.25) is 0 Å². The lowest BCUT2D eigenvalue weighted by Gasteiger charge is -2.47. The molecule has 63 heavy (non-hydrogen) atoms. The molecule has 0 bridgehead atoms. The van der Waals surface area contributed by atoms with Crippen LogP contribution in [0, 0.1) is 13.8 Å². The van der Waals surface area contributed by atoms with Crippen LogP contribution >= 0.6 is 11.3 Å². The second kappa shape index (κ2) is 13.0. The number of hydrogen-bond acceptors (Lipinski definition) is 3. The van der Waals surface area contributed by atoms with Crippen molar-refractivity contribution in [3.05, 3.63) is 161 Å². The Labute approximate surface area is 382 Å². The van der Waals surface area contributed by atoms with E-state index in [0.717, 1.165) is 58.8 Å². The van der Waals surface area contributed by atoms with Gasteiger partial charge in [0.15, 0.2) is 0 Å². The van der Waals surface area contributed by atoms with Gasteiger partial charge in [-0.05, 0) is 158 Å². The second-order valence-corrected chi connectivity index (χ2v) is 22.8. The maximum absolute atomic E-state index is 9.15. The lowest BCUT2D eigenvalue weighted by Crippen LogP contribution is -2.62. The van der Waals surface area contributed by atoms with Crippen molar-refractivity contribution in [2.24, 2.45) is 0 Å². The first-order chi connectivity index (χ1) is 31.2. The quantitative estimate of drug-likeness (QED) is 0.164. The molecule has 0 spiro atoms. The highest BCUT2D eigenvalue weighted by Crippen LogP contribution is 2.55. The van der Waals surface area contributed by atoms with Gasteiger partial charge < -0.3 is 9.80 Å². The largest absolute Gasteiger partial charge is 0.311 e. The van der Waals surface area contributed by atoms with E-state index in [9.17, 15) is 0 Å². The number of hydrogen-bond donors (Lipinski definition) is 0. The van der Waals surface area contributed by atoms with Crippen molar-refractivity contribution in [3.63, 3.8) is 0 Å². The zero-order valence-electron chi connectivity index (χ0n) is 41.1. The molecule has 0 saturated carbocycles. The second-order valence-electron chi connectivity index (χ2n) is 21.8. The molecule has 4 heteroatoms. The Morgan fingerprint density at radius 1 is 0.508 bits per heavy atom. The molecule has 1 aromatic heterocycles. The molecular formula is C59H57BN2S. The highest BCUT2D eigenvalue weighted by atomic mass is 32.1. The van der Waals surface area contributed by atoms with Gasteiger partial charge in [0.2, 0.25) is 0 Å². The number of anilines is 6. The summed E-state index contributed by atoms with van der Waals surface area (Å²) in [6.45, 7) is 18.9. The van der Waals surface area contributed by atoms with Crippen LogP contribution in [0.4, 0.5) is 34.1 Å². The highest BCUT2D eigenvalue weighted by molar-refractivity contribution is 7.26. The van der Waals surface area contributed by atoms with Crippen LogP contribution in [0.2, 0.25) is 0 Å². The third-order valence-corrected chi connectivity index (χ3v) is 16.9. The molecule has 3 heterocycles. The fourth-order valence-electron chi connectivity index (χ4n) is 12.7. The summed E-state index contributed by atoms with van der Waals surface area (Å²) in [5.74, 6) is 0. The first-order valence-electron chi connectivity index (χ1n) is 24.5. The third-order valence-electron chi connectivity index (χ3n) is 15.7. The maximum atomic E-state index is 9.15. The first kappa shape index (κ1) is 35.8. The van der Waals surface area contributed by atoms with Crippen molar-refractivity contribution >= 4 is 88.7 Å². The number of benzene rings is 7. The Morgan fingerprint density at radius 3 is 1.84 bits per heavy atom. The molecule has 8 aromatic rings. The van der Waals surface area contributed by atoms with Crippen molar-refractivity contribution in [2.45, 2.75) is 110 Å². The molecular weight excluding hydrogens is 780 g/mol. The minimum Gasteiger partial charge on any atom is -0.311 e. The van der Waals surface area contributed by atoms with E-state index in [4.69, 9.17) is 4.11 Å². The Bertz CT molecular complexity index is 3370. The van der Waals surface area contributed by atoms with Gasteiger partial charge in [-0.2, -0.15) is 0 Å². The van der Waals surface area contributed by atoms with Crippen LogP contribution in [0.5, 0.6) is 0 Å². The number of nitrogens with zero attached hydrogens (tertiary/aromatic N) is 2. The van der Waals surface area contributed by atoms with E-state index in [1.165, 1.54) is 70.0 Å². The maximum Gasteiger partial charge on any atom is 0.252 e. The van der Waals surface area contributed by atoms with E-state index in [2.05, 4.69) is 187 Å². The van der Waals surface area contributed by atoms with Crippen LogP contribution in [0.25, 0.3) is 31.3 Å². The lowest BCUT2D eigenvalue weighted by molar-refractivity contribution is 0.332. The van der Waals surface area contributed by atoms with Crippen molar-refractivity contribution < 1.29 is 4.11 Å². The molecule has 0 saturated heterocycles. The minimum absolute atomic E-state index is 0.0258. The van der Waals surface area contributed by atoms with Crippen LogP contribution in [0.1, 0.15) is 112 Å². The smallest absolute Gasteiger partial charge is 0.252 e. The summed E-state index contributed by atoms with van der Waals surface area (Å²) < 4.78 is 29.9. The molecule has 2 nitrogen and oxygen atoms in total. The van der Waals surface area contributed by atoms with Crippen molar-refractivity contribution in [3.8, 4) is 11.1 Å². The van der Waals surface area contributed by atoms with Gasteiger partial charge >= 0.3 is 0 Å². The molecule has 0 fully saturated rings. The predicted molar refractivity (Wildman–Crippen MR) is 274 cm³/mol. The average molecular weight is 840 g/mol. The van der Waals surface area contributed by atoms with Crippen molar-refractivity contribution in [2.75, 3.05) is 9.80 Å². The van der Waals surface area contributed by atoms with Gasteiger partial charge in [0.05, 0.1) is 10.4 Å². The topological polar surface area (TPSA) is 6.48 Å². The Morgan fingerprint density at radius 2 is 1.11 bits per heavy atom. The number of thiophene rings is 1. The first-order valence-corrected chi connectivity index (χ1v) is 23.8. The van der Waals surface area contributed by atoms with E-state index >= 15 is 0 Å². The van der Waals surface area contributed by atoms with Crippen LogP contribution in [0.3, 0.4) is 0 Å². The summed E-state index contributed by atoms with van der Waals surface area (Å²) in [6, 6.07) is 47.3. The SMILES string of the molecule is [2H]C([2H])([2H])c1cc2c3c(c1)N(c1cccc4c1sc1ccccc14)c1cc4c(cc1B3c1cc(-c3ccccc3)ccc1N2c1cc2c(cc1C)C(C)(C)CC2(C)C)C(C)(C)CCC4(C)C. The van der Waals surface area contributed by atoms with Gasteiger partial charge in [0, 0.05) is 48.0 Å². The average Bonchev–Trinajstić information content (AvgIpc) is 3.74. The molecule has 2 aliphatic carbocycles. The summed E-state index contributed by atoms with van der Waals surface area (Å²) in [7, 11) is 0. The molecule has 2 aliphatic heterocycles. The molecule has 7 aromatic carbocycles. The lowest BCUT2D eigenvalue weighted by atomic mass is 9.33. The molecule has 0 radical (unpaired) electrons. The minimum atomic E-state index is -2.36. The normalized spacial score (nSPS) is 19.1. The van der Waals surface area contributed by atoms with Crippen LogP contribution < -0.4 is 26.2 Å². The van der Waals surface area contributed by atoms with Crippen LogP contribution in [-0.4, -0.2) is 6.71 Å². The summed E-state index contributed by atoms with van der Waals surface area (Å²) in [5, 5.41) is 2.46. The fourth-order valence-corrected chi connectivity index (χ4v) is 13.9. The van der Waals surface area contributed by atoms with Crippen molar-refractivity contribution in [1.82, 2.24) is 0 Å². The zero-order chi connectivity index (χ0) is 46.0. The summed E-state index contributed by atoms with van der Waals surface area (Å²) >= 11 is 1.83. The van der Waals surface area contributed by atoms with Crippen LogP contribution in [0.15, 0.2) is 127 Å². The summed E-state index contributed by atoms with van der Waals surface area (Å²) in [4.78, 5) is 4.92. The molecule has 0 atom stereocenters. The monoisotopic (exact) mass is 839 g/mol. The zero-order valence-corrected chi connectivity index (χ0v) is 38.9. The third kappa shape index (κ3) is 5.56. The molecule has 4 aliphatic rings. The number of fused-ring (bicyclic) bond motifs is 9. The standard InChI is InChI=1S/C59H57BN2S/c1-35-27-51-54-52(28-35)62(48-21-16-20-40-39-19-14-15-22-53(39)63-55(40)48)50-33-43-42(56(3,4)25-26-57(43,5)6)31-46(50)60(54)45-30-38(37-17-12-11-13-18-37)23-24-47(45)61(51)49-32-44-41(29-36(49)2)58(7,8)34-59(44,9)10/h11-24,27-33H,25-26,34H2,1-10H3/i1D3. The van der Waals surface area contributed by atoms with E-state index < -0.39 is 6.85 Å². The van der Waals surface area contributed by atoms with Gasteiger partial charge in [0.25, 0.3) is 6.71 Å². The molecule has 12 rings (SSSR count). The van der Waals surface area contributed by atoms with E-state index in [1.54, 1.807) is 0 Å². The highest BCUT2D eigenvalue weighted by Gasteiger charge is 2.48. The van der Waals surface area contributed by atoms with Crippen LogP contribution in [-0.2, 0) is 21.7 Å². The van der Waals surface area contributed by atoms with E-state index in [0.29, 0.717) is 5.56 Å². The number of rotatable bonds is 3. The van der Waals surface area contributed by atoms with Gasteiger partial charge in [-0.25, -0.2) is 0 Å². The summed E-state index contributed by atoms with van der Waals surface area (Å²) in [5.41, 5.74) is 19.4. The molecule has 0 amide bonds. The fraction of sp³-hybridized carbons (Fsp3) is 0.288. The van der Waals surface area contributed by atoms with E-state index in [-0.39, 0.29) is 28.4 Å².